The molecule has 0 saturated carbocycles. The van der Waals surface area contributed by atoms with Crippen molar-refractivity contribution in [3.8, 4) is 5.75 Å². The van der Waals surface area contributed by atoms with Gasteiger partial charge in [-0.2, -0.15) is 0 Å². The minimum Gasteiger partial charge on any atom is -0.493 e. The van der Waals surface area contributed by atoms with Crippen molar-refractivity contribution in [1.29, 1.82) is 0 Å². The molecular weight excluding hydrogens is 262 g/mol. The van der Waals surface area contributed by atoms with Gasteiger partial charge in [-0.25, -0.2) is 0 Å². The van der Waals surface area contributed by atoms with Crippen LogP contribution in [-0.4, -0.2) is 25.9 Å². The Balaban J connectivity index is 1.70. The molecule has 0 aliphatic carbocycles. The highest BCUT2D eigenvalue weighted by atomic mass is 16.5. The van der Waals surface area contributed by atoms with Crippen molar-refractivity contribution in [2.24, 2.45) is 0 Å². The number of hydrogen-bond acceptors (Lipinski definition) is 3. The first-order chi connectivity index (χ1) is 10.4. The Morgan fingerprint density at radius 3 is 2.95 bits per heavy atom. The maximum Gasteiger partial charge on any atom is 0.123 e. The number of rotatable bonds is 10. The van der Waals surface area contributed by atoms with Crippen molar-refractivity contribution in [2.45, 2.75) is 58.1 Å². The number of hydrogen-bond donors (Lipinski definition) is 1. The van der Waals surface area contributed by atoms with Crippen molar-refractivity contribution < 1.29 is 9.47 Å². The summed E-state index contributed by atoms with van der Waals surface area (Å²) in [6.07, 6.45) is 7.75. The molecule has 0 bridgehead atoms. The molecule has 1 aliphatic heterocycles. The van der Waals surface area contributed by atoms with Crippen LogP contribution < -0.4 is 10.1 Å². The highest BCUT2D eigenvalue weighted by Crippen LogP contribution is 2.18. The standard InChI is InChI=1S/C18H29NO2/c1-2-3-4-7-12-21-18-11-6-5-9-16(18)14-19-15-17-10-8-13-20-17/h5-6,9,11,17,19H,2-4,7-8,10,12-15H2,1H3/t17-/m1/s1. The third-order valence-electron chi connectivity index (χ3n) is 3.94. The zero-order chi connectivity index (χ0) is 14.8. The normalized spacial score (nSPS) is 18.0. The lowest BCUT2D eigenvalue weighted by Crippen LogP contribution is -2.26. The zero-order valence-electron chi connectivity index (χ0n) is 13.3. The zero-order valence-corrected chi connectivity index (χ0v) is 13.3. The molecule has 21 heavy (non-hydrogen) atoms. The average Bonchev–Trinajstić information content (AvgIpc) is 3.02. The average molecular weight is 291 g/mol. The van der Waals surface area contributed by atoms with Gasteiger partial charge in [0.15, 0.2) is 0 Å². The Labute approximate surface area is 129 Å². The third-order valence-corrected chi connectivity index (χ3v) is 3.94. The van der Waals surface area contributed by atoms with Gasteiger partial charge in [0.2, 0.25) is 0 Å². The van der Waals surface area contributed by atoms with Crippen LogP contribution in [0.5, 0.6) is 5.75 Å². The Morgan fingerprint density at radius 2 is 2.14 bits per heavy atom. The molecule has 1 aliphatic rings. The van der Waals surface area contributed by atoms with E-state index in [1.807, 2.05) is 6.07 Å². The van der Waals surface area contributed by atoms with E-state index in [4.69, 9.17) is 9.47 Å². The van der Waals surface area contributed by atoms with Gasteiger partial charge in [0, 0.05) is 25.3 Å². The maximum absolute atomic E-state index is 5.93. The molecule has 3 nitrogen and oxygen atoms in total. The lowest BCUT2D eigenvalue weighted by Gasteiger charge is -2.14. The second-order valence-electron chi connectivity index (χ2n) is 5.78. The fourth-order valence-corrected chi connectivity index (χ4v) is 2.67. The number of benzene rings is 1. The van der Waals surface area contributed by atoms with Gasteiger partial charge in [0.1, 0.15) is 5.75 Å². The fourth-order valence-electron chi connectivity index (χ4n) is 2.67. The number of ether oxygens (including phenoxy) is 2. The van der Waals surface area contributed by atoms with E-state index >= 15 is 0 Å². The summed E-state index contributed by atoms with van der Waals surface area (Å²) in [7, 11) is 0. The molecule has 1 saturated heterocycles. The molecule has 1 aromatic carbocycles. The van der Waals surface area contributed by atoms with Crippen LogP contribution in [0.3, 0.4) is 0 Å². The largest absolute Gasteiger partial charge is 0.493 e. The molecule has 118 valence electrons. The Morgan fingerprint density at radius 1 is 1.24 bits per heavy atom. The molecular formula is C18H29NO2. The molecule has 0 unspecified atom stereocenters. The van der Waals surface area contributed by atoms with E-state index in [9.17, 15) is 0 Å². The van der Waals surface area contributed by atoms with E-state index in [0.29, 0.717) is 6.10 Å². The summed E-state index contributed by atoms with van der Waals surface area (Å²) in [5.41, 5.74) is 1.24. The Bertz CT molecular complexity index is 389. The molecule has 1 aromatic rings. The van der Waals surface area contributed by atoms with Crippen molar-refractivity contribution in [3.05, 3.63) is 29.8 Å². The maximum atomic E-state index is 5.93. The van der Waals surface area contributed by atoms with Crippen molar-refractivity contribution in [2.75, 3.05) is 19.8 Å². The molecule has 1 heterocycles. The van der Waals surface area contributed by atoms with Crippen molar-refractivity contribution in [3.63, 3.8) is 0 Å². The summed E-state index contributed by atoms with van der Waals surface area (Å²) in [5.74, 6) is 1.02. The summed E-state index contributed by atoms with van der Waals surface area (Å²) >= 11 is 0. The highest BCUT2D eigenvalue weighted by Gasteiger charge is 2.14. The minimum absolute atomic E-state index is 0.395. The lowest BCUT2D eigenvalue weighted by molar-refractivity contribution is 0.110. The topological polar surface area (TPSA) is 30.5 Å². The van der Waals surface area contributed by atoms with Crippen LogP contribution in [-0.2, 0) is 11.3 Å². The number of unbranched alkanes of at least 4 members (excludes halogenated alkanes) is 3. The van der Waals surface area contributed by atoms with Crippen LogP contribution in [0.1, 0.15) is 51.0 Å². The summed E-state index contributed by atoms with van der Waals surface area (Å²) in [5, 5.41) is 3.49. The second kappa shape index (κ2) is 9.80. The van der Waals surface area contributed by atoms with Gasteiger partial charge >= 0.3 is 0 Å². The van der Waals surface area contributed by atoms with Gasteiger partial charge in [0.05, 0.1) is 12.7 Å². The summed E-state index contributed by atoms with van der Waals surface area (Å²) in [4.78, 5) is 0. The molecule has 0 amide bonds. The number of para-hydroxylation sites is 1. The molecule has 1 N–H and O–H groups in total. The first-order valence-corrected chi connectivity index (χ1v) is 8.43. The van der Waals surface area contributed by atoms with Crippen molar-refractivity contribution >= 4 is 0 Å². The van der Waals surface area contributed by atoms with Crippen LogP contribution in [0.15, 0.2) is 24.3 Å². The summed E-state index contributed by atoms with van der Waals surface area (Å²) in [6.45, 7) is 5.76. The quantitative estimate of drug-likeness (QED) is 0.663. The van der Waals surface area contributed by atoms with E-state index in [1.165, 1.54) is 37.7 Å². The van der Waals surface area contributed by atoms with Gasteiger partial charge in [-0.05, 0) is 25.3 Å². The molecule has 0 radical (unpaired) electrons. The minimum atomic E-state index is 0.395. The Kier molecular flexibility index (Phi) is 7.61. The summed E-state index contributed by atoms with van der Waals surface area (Å²) < 4.78 is 11.6. The second-order valence-corrected chi connectivity index (χ2v) is 5.78. The van der Waals surface area contributed by atoms with Crippen LogP contribution in [0.4, 0.5) is 0 Å². The number of nitrogens with one attached hydrogen (secondary N) is 1. The monoisotopic (exact) mass is 291 g/mol. The van der Waals surface area contributed by atoms with Gasteiger partial charge in [-0.3, -0.25) is 0 Å². The van der Waals surface area contributed by atoms with Crippen LogP contribution in [0, 0.1) is 0 Å². The summed E-state index contributed by atoms with van der Waals surface area (Å²) in [6, 6.07) is 8.34. The molecule has 0 spiro atoms. The van der Waals surface area contributed by atoms with Gasteiger partial charge < -0.3 is 14.8 Å². The molecule has 1 atom stereocenters. The first-order valence-electron chi connectivity index (χ1n) is 8.43. The van der Waals surface area contributed by atoms with Crippen LogP contribution in [0.2, 0.25) is 0 Å². The Hall–Kier alpha value is -1.06. The fraction of sp³-hybridized carbons (Fsp3) is 0.667. The van der Waals surface area contributed by atoms with Gasteiger partial charge in [-0.15, -0.1) is 0 Å². The van der Waals surface area contributed by atoms with E-state index in [1.54, 1.807) is 0 Å². The third kappa shape index (κ3) is 6.06. The SMILES string of the molecule is CCCCCCOc1ccccc1CNC[C@H]1CCCO1. The molecule has 2 rings (SSSR count). The van der Waals surface area contributed by atoms with Crippen LogP contribution >= 0.6 is 0 Å². The van der Waals surface area contributed by atoms with Crippen LogP contribution in [0.25, 0.3) is 0 Å². The molecule has 1 fully saturated rings. The smallest absolute Gasteiger partial charge is 0.123 e. The first kappa shape index (κ1) is 16.3. The predicted molar refractivity (Wildman–Crippen MR) is 86.8 cm³/mol. The van der Waals surface area contributed by atoms with Gasteiger partial charge in [-0.1, -0.05) is 44.4 Å². The van der Waals surface area contributed by atoms with Crippen molar-refractivity contribution in [1.82, 2.24) is 5.32 Å². The lowest BCUT2D eigenvalue weighted by atomic mass is 10.2. The highest BCUT2D eigenvalue weighted by molar-refractivity contribution is 5.33. The molecule has 3 heteroatoms. The predicted octanol–water partition coefficient (Wildman–Crippen LogP) is 3.91. The van der Waals surface area contributed by atoms with E-state index in [0.717, 1.165) is 38.5 Å². The van der Waals surface area contributed by atoms with Gasteiger partial charge in [0.25, 0.3) is 0 Å². The van der Waals surface area contributed by atoms with E-state index < -0.39 is 0 Å². The molecule has 0 aromatic heterocycles. The van der Waals surface area contributed by atoms with E-state index in [-0.39, 0.29) is 0 Å². The van der Waals surface area contributed by atoms with E-state index in [2.05, 4.69) is 30.4 Å².